The van der Waals surface area contributed by atoms with Gasteiger partial charge in [-0.05, 0) is 91.2 Å². The summed E-state index contributed by atoms with van der Waals surface area (Å²) in [6.07, 6.45) is 0. The molecule has 0 atom stereocenters. The van der Waals surface area contributed by atoms with Gasteiger partial charge >= 0.3 is 0 Å². The Morgan fingerprint density at radius 2 is 1.02 bits per heavy atom. The predicted octanol–water partition coefficient (Wildman–Crippen LogP) is 15.0. The van der Waals surface area contributed by atoms with E-state index in [0.717, 1.165) is 5.69 Å². The minimum Gasteiger partial charge on any atom is -0.308 e. The van der Waals surface area contributed by atoms with Gasteiger partial charge in [0.25, 0.3) is 0 Å². The number of hydrogen-bond donors (Lipinski definition) is 0. The molecular weight excluding hydrogens is 671 g/mol. The van der Waals surface area contributed by atoms with E-state index in [1.54, 1.807) is 0 Å². The molecule has 2 aliphatic carbocycles. The van der Waals surface area contributed by atoms with Crippen LogP contribution < -0.4 is 4.90 Å². The third-order valence-corrected chi connectivity index (χ3v) is 13.7. The van der Waals surface area contributed by atoms with E-state index in [9.17, 15) is 0 Å². The van der Waals surface area contributed by atoms with Crippen molar-refractivity contribution in [1.29, 1.82) is 0 Å². The summed E-state index contributed by atoms with van der Waals surface area (Å²) in [5, 5.41) is 5.21. The highest BCUT2D eigenvalue weighted by Gasteiger charge is 2.38. The maximum atomic E-state index is 2.55. The Kier molecular flexibility index (Phi) is 6.59. The van der Waals surface area contributed by atoms with Gasteiger partial charge in [0.2, 0.25) is 0 Å². The van der Waals surface area contributed by atoms with E-state index in [1.165, 1.54) is 98.0 Å². The zero-order chi connectivity index (χ0) is 36.3. The van der Waals surface area contributed by atoms with Crippen LogP contribution in [0.15, 0.2) is 164 Å². The van der Waals surface area contributed by atoms with Gasteiger partial charge in [0.1, 0.15) is 0 Å². The topological polar surface area (TPSA) is 3.24 Å². The van der Waals surface area contributed by atoms with Crippen LogP contribution >= 0.6 is 11.3 Å². The van der Waals surface area contributed by atoms with Crippen molar-refractivity contribution in [3.63, 3.8) is 0 Å². The second kappa shape index (κ2) is 11.3. The Morgan fingerprint density at radius 3 is 1.89 bits per heavy atom. The highest BCUT2D eigenvalue weighted by Crippen LogP contribution is 2.56. The Morgan fingerprint density at radius 1 is 0.407 bits per heavy atom. The first-order valence-corrected chi connectivity index (χ1v) is 19.8. The van der Waals surface area contributed by atoms with E-state index in [0.29, 0.717) is 0 Å². The smallest absolute Gasteiger partial charge is 0.0640 e. The zero-order valence-corrected chi connectivity index (χ0v) is 31.8. The fourth-order valence-corrected chi connectivity index (χ4v) is 11.1. The molecule has 0 unspecified atom stereocenters. The van der Waals surface area contributed by atoms with E-state index in [1.807, 2.05) is 11.3 Å². The maximum absolute atomic E-state index is 2.55. The lowest BCUT2D eigenvalue weighted by Gasteiger charge is -2.29. The van der Waals surface area contributed by atoms with Crippen LogP contribution in [-0.4, -0.2) is 0 Å². The minimum absolute atomic E-state index is 0.0582. The van der Waals surface area contributed by atoms with Crippen molar-refractivity contribution in [3.05, 3.63) is 186 Å². The molecule has 0 saturated carbocycles. The number of anilines is 3. The summed E-state index contributed by atoms with van der Waals surface area (Å²) in [5.74, 6) is 0. The number of benzene rings is 8. The fourth-order valence-electron chi connectivity index (χ4n) is 9.73. The third-order valence-electron chi connectivity index (χ3n) is 12.5. The first-order valence-electron chi connectivity index (χ1n) is 19.0. The Labute approximate surface area is 320 Å². The van der Waals surface area contributed by atoms with E-state index in [4.69, 9.17) is 0 Å². The first kappa shape index (κ1) is 31.6. The summed E-state index contributed by atoms with van der Waals surface area (Å²) in [6.45, 7) is 9.48. The van der Waals surface area contributed by atoms with Crippen LogP contribution in [0.5, 0.6) is 0 Å². The average Bonchev–Trinajstić information content (AvgIpc) is 3.79. The van der Waals surface area contributed by atoms with Gasteiger partial charge in [0, 0.05) is 37.6 Å². The van der Waals surface area contributed by atoms with Crippen molar-refractivity contribution < 1.29 is 0 Å². The van der Waals surface area contributed by atoms with E-state index in [-0.39, 0.29) is 10.8 Å². The fraction of sp³-hybridized carbons (Fsp3) is 0.115. The Balaban J connectivity index is 1.16. The number of thiophene rings is 1. The Hall–Kier alpha value is -5.96. The van der Waals surface area contributed by atoms with Crippen molar-refractivity contribution in [2.24, 2.45) is 0 Å². The quantitative estimate of drug-likeness (QED) is 0.176. The second-order valence-corrected chi connectivity index (χ2v) is 17.1. The number of fused-ring (bicyclic) bond motifs is 11. The van der Waals surface area contributed by atoms with E-state index in [2.05, 4.69) is 196 Å². The monoisotopic (exact) mass is 709 g/mol. The van der Waals surface area contributed by atoms with Crippen molar-refractivity contribution >= 4 is 59.3 Å². The van der Waals surface area contributed by atoms with Crippen molar-refractivity contribution in [3.8, 4) is 33.4 Å². The lowest BCUT2D eigenvalue weighted by Crippen LogP contribution is -2.16. The molecular formula is C52H39NS. The normalized spacial score (nSPS) is 14.6. The molecule has 1 nitrogen and oxygen atoms in total. The molecule has 2 heteroatoms. The molecule has 0 aliphatic heterocycles. The average molecular weight is 710 g/mol. The van der Waals surface area contributed by atoms with Gasteiger partial charge in [-0.3, -0.25) is 0 Å². The molecule has 258 valence electrons. The van der Waals surface area contributed by atoms with E-state index < -0.39 is 0 Å². The summed E-state index contributed by atoms with van der Waals surface area (Å²) in [4.78, 5) is 2.55. The summed E-state index contributed by atoms with van der Waals surface area (Å²) in [7, 11) is 0. The van der Waals surface area contributed by atoms with Crippen LogP contribution in [0.4, 0.5) is 17.1 Å². The van der Waals surface area contributed by atoms with Crippen molar-refractivity contribution in [1.82, 2.24) is 0 Å². The van der Waals surface area contributed by atoms with Gasteiger partial charge in [-0.15, -0.1) is 11.3 Å². The number of nitrogens with zero attached hydrogens (tertiary/aromatic N) is 1. The molecule has 2 aliphatic rings. The first-order chi connectivity index (χ1) is 26.3. The molecule has 1 aromatic heterocycles. The highest BCUT2D eigenvalue weighted by atomic mass is 32.1. The van der Waals surface area contributed by atoms with E-state index >= 15 is 0 Å². The molecule has 0 bridgehead atoms. The predicted molar refractivity (Wildman–Crippen MR) is 232 cm³/mol. The van der Waals surface area contributed by atoms with Crippen LogP contribution in [0.25, 0.3) is 64.3 Å². The molecule has 9 aromatic rings. The number of rotatable bonds is 4. The third kappa shape index (κ3) is 4.32. The van der Waals surface area contributed by atoms with Gasteiger partial charge in [-0.25, -0.2) is 0 Å². The van der Waals surface area contributed by atoms with Crippen LogP contribution in [0.3, 0.4) is 0 Å². The van der Waals surface area contributed by atoms with Crippen molar-refractivity contribution in [2.45, 2.75) is 38.5 Å². The molecule has 11 rings (SSSR count). The summed E-state index contributed by atoms with van der Waals surface area (Å²) in [5.41, 5.74) is 16.8. The minimum atomic E-state index is -0.104. The van der Waals surface area contributed by atoms with Crippen LogP contribution in [0.2, 0.25) is 0 Å². The lowest BCUT2D eigenvalue weighted by atomic mass is 9.81. The molecule has 1 heterocycles. The standard InChI is InChI=1S/C52H39NS/c1-51(2)43-22-10-8-19-41(43)48-44(51)23-13-24-46(48)53(47-25-12-20-39-40-29-26-32-14-5-6-17-36(32)49(40)54-50(39)47)35-16-11-15-33(30-35)34-27-28-38-37-18-7-9-21-42(37)52(3,4)45(38)31-34/h5-31H,1-4H3. The van der Waals surface area contributed by atoms with Crippen LogP contribution in [-0.2, 0) is 10.8 Å². The molecule has 54 heavy (non-hydrogen) atoms. The zero-order valence-electron chi connectivity index (χ0n) is 30.9. The SMILES string of the molecule is CC1(C)c2ccccc2-c2ccc(-c3cccc(N(c4cccc5c4-c4ccccc4C5(C)C)c4cccc5c4sc4c6ccccc6ccc54)c3)cc21. The largest absolute Gasteiger partial charge is 0.308 e. The van der Waals surface area contributed by atoms with Gasteiger partial charge in [0.05, 0.1) is 16.1 Å². The molecule has 0 radical (unpaired) electrons. The molecule has 0 spiro atoms. The molecule has 8 aromatic carbocycles. The van der Waals surface area contributed by atoms with Gasteiger partial charge in [0.15, 0.2) is 0 Å². The van der Waals surface area contributed by atoms with Crippen molar-refractivity contribution in [2.75, 3.05) is 4.90 Å². The Bertz CT molecular complexity index is 3010. The number of hydrogen-bond acceptors (Lipinski definition) is 2. The van der Waals surface area contributed by atoms with Crippen LogP contribution in [0.1, 0.15) is 49.9 Å². The molecule has 0 saturated heterocycles. The summed E-state index contributed by atoms with van der Waals surface area (Å²) < 4.78 is 2.64. The maximum Gasteiger partial charge on any atom is 0.0640 e. The lowest BCUT2D eigenvalue weighted by molar-refractivity contribution is 0.660. The second-order valence-electron chi connectivity index (χ2n) is 16.1. The summed E-state index contributed by atoms with van der Waals surface area (Å²) >= 11 is 1.92. The molecule has 0 N–H and O–H groups in total. The highest BCUT2D eigenvalue weighted by molar-refractivity contribution is 7.27. The van der Waals surface area contributed by atoms with Gasteiger partial charge in [-0.2, -0.15) is 0 Å². The molecule has 0 amide bonds. The molecule has 0 fully saturated rings. The van der Waals surface area contributed by atoms with Gasteiger partial charge < -0.3 is 4.90 Å². The van der Waals surface area contributed by atoms with Gasteiger partial charge in [-0.1, -0.05) is 161 Å². The van der Waals surface area contributed by atoms with Crippen LogP contribution in [0, 0.1) is 0 Å². The summed E-state index contributed by atoms with van der Waals surface area (Å²) in [6, 6.07) is 61.4.